The minimum Gasteiger partial charge on any atom is -0.425 e. The Bertz CT molecular complexity index is 220. The van der Waals surface area contributed by atoms with E-state index >= 15 is 0 Å². The second-order valence-electron chi connectivity index (χ2n) is 2.60. The first-order chi connectivity index (χ1) is 5.97. The molecule has 0 bridgehead atoms. The molecule has 0 saturated heterocycles. The first-order valence-corrected chi connectivity index (χ1v) is 4.03. The van der Waals surface area contributed by atoms with E-state index in [0.717, 1.165) is 0 Å². The molecule has 0 saturated carbocycles. The molecular weight excluding hydrogens is 172 g/mol. The summed E-state index contributed by atoms with van der Waals surface area (Å²) in [5, 5.41) is 0. The molecular formula is C9H14O4. The van der Waals surface area contributed by atoms with Crippen LogP contribution in [0.15, 0.2) is 12.2 Å². The van der Waals surface area contributed by atoms with Crippen molar-refractivity contribution in [3.63, 3.8) is 0 Å². The van der Waals surface area contributed by atoms with Crippen LogP contribution in [0.5, 0.6) is 0 Å². The number of hydrogen-bond donors (Lipinski definition) is 0. The van der Waals surface area contributed by atoms with E-state index in [2.05, 4.69) is 6.58 Å². The van der Waals surface area contributed by atoms with E-state index in [1.165, 1.54) is 13.8 Å². The van der Waals surface area contributed by atoms with Crippen molar-refractivity contribution in [1.29, 1.82) is 0 Å². The zero-order valence-corrected chi connectivity index (χ0v) is 8.12. The second-order valence-corrected chi connectivity index (χ2v) is 2.60. The second kappa shape index (κ2) is 5.35. The fraction of sp³-hybridized carbons (Fsp3) is 0.556. The van der Waals surface area contributed by atoms with Gasteiger partial charge in [-0.2, -0.15) is 0 Å². The van der Waals surface area contributed by atoms with Crippen LogP contribution >= 0.6 is 0 Å². The van der Waals surface area contributed by atoms with Crippen molar-refractivity contribution in [3.05, 3.63) is 12.2 Å². The number of rotatable bonds is 4. The number of esters is 2. The third-order valence-electron chi connectivity index (χ3n) is 1.21. The normalized spacial score (nSPS) is 11.6. The van der Waals surface area contributed by atoms with Gasteiger partial charge in [-0.05, 0) is 6.92 Å². The molecule has 4 nitrogen and oxygen atoms in total. The van der Waals surface area contributed by atoms with Crippen molar-refractivity contribution in [2.45, 2.75) is 33.5 Å². The van der Waals surface area contributed by atoms with Crippen LogP contribution in [0.3, 0.4) is 0 Å². The predicted octanol–water partition coefficient (Wildman–Crippen LogP) is 1.40. The molecule has 0 spiro atoms. The van der Waals surface area contributed by atoms with Crippen molar-refractivity contribution < 1.29 is 19.1 Å². The summed E-state index contributed by atoms with van der Waals surface area (Å²) in [6.45, 7) is 8.06. The summed E-state index contributed by atoms with van der Waals surface area (Å²) in [5.74, 6) is -0.960. The highest BCUT2D eigenvalue weighted by atomic mass is 16.7. The Morgan fingerprint density at radius 2 is 1.92 bits per heavy atom. The first kappa shape index (κ1) is 11.7. The van der Waals surface area contributed by atoms with Crippen molar-refractivity contribution in [2.24, 2.45) is 0 Å². The summed E-state index contributed by atoms with van der Waals surface area (Å²) < 4.78 is 9.40. The van der Waals surface area contributed by atoms with Crippen molar-refractivity contribution in [1.82, 2.24) is 0 Å². The van der Waals surface area contributed by atoms with Gasteiger partial charge in [-0.1, -0.05) is 13.5 Å². The Morgan fingerprint density at radius 1 is 1.38 bits per heavy atom. The molecule has 0 aliphatic heterocycles. The molecule has 4 heteroatoms. The van der Waals surface area contributed by atoms with Crippen LogP contribution in [0.2, 0.25) is 0 Å². The van der Waals surface area contributed by atoms with E-state index < -0.39 is 18.2 Å². The van der Waals surface area contributed by atoms with Gasteiger partial charge in [-0.25, -0.2) is 4.79 Å². The Kier molecular flexibility index (Phi) is 4.80. The summed E-state index contributed by atoms with van der Waals surface area (Å²) in [7, 11) is 0. The van der Waals surface area contributed by atoms with Crippen molar-refractivity contribution in [3.8, 4) is 0 Å². The van der Waals surface area contributed by atoms with Gasteiger partial charge >= 0.3 is 11.9 Å². The van der Waals surface area contributed by atoms with Crippen LogP contribution in [0.25, 0.3) is 0 Å². The van der Waals surface area contributed by atoms with Gasteiger partial charge in [-0.15, -0.1) is 0 Å². The highest BCUT2D eigenvalue weighted by Gasteiger charge is 2.12. The van der Waals surface area contributed by atoms with Gasteiger partial charge in [0.1, 0.15) is 0 Å². The number of carbonyl (C=O) groups is 2. The zero-order valence-electron chi connectivity index (χ0n) is 8.12. The molecule has 0 heterocycles. The number of hydrogen-bond acceptors (Lipinski definition) is 4. The maximum Gasteiger partial charge on any atom is 0.336 e. The minimum absolute atomic E-state index is 0.259. The smallest absolute Gasteiger partial charge is 0.336 e. The molecule has 0 aliphatic rings. The molecule has 0 rings (SSSR count). The van der Waals surface area contributed by atoms with Gasteiger partial charge in [0.05, 0.1) is 0 Å². The van der Waals surface area contributed by atoms with E-state index in [4.69, 9.17) is 9.47 Å². The van der Waals surface area contributed by atoms with Crippen LogP contribution < -0.4 is 0 Å². The molecule has 0 aliphatic carbocycles. The third kappa shape index (κ3) is 5.00. The largest absolute Gasteiger partial charge is 0.425 e. The maximum absolute atomic E-state index is 10.9. The highest BCUT2D eigenvalue weighted by molar-refractivity contribution is 5.87. The van der Waals surface area contributed by atoms with Crippen molar-refractivity contribution in [2.75, 3.05) is 0 Å². The molecule has 1 unspecified atom stereocenters. The maximum atomic E-state index is 10.9. The number of carbonyl (C=O) groups excluding carboxylic acids is 2. The SMILES string of the molecule is C=C(C)C(=O)OC(C)OC(=O)CC. The van der Waals surface area contributed by atoms with Gasteiger partial charge in [0.2, 0.25) is 6.29 Å². The average Bonchev–Trinajstić information content (AvgIpc) is 2.03. The topological polar surface area (TPSA) is 52.6 Å². The Hall–Kier alpha value is -1.32. The fourth-order valence-electron chi connectivity index (χ4n) is 0.544. The zero-order chi connectivity index (χ0) is 10.4. The standard InChI is InChI=1S/C9H14O4/c1-5-8(10)12-7(4)13-9(11)6(2)3/h7H,2,5H2,1,3-4H3. The van der Waals surface area contributed by atoms with Gasteiger partial charge in [0.25, 0.3) is 0 Å². The molecule has 0 N–H and O–H groups in total. The lowest BCUT2D eigenvalue weighted by molar-refractivity contribution is -0.181. The minimum atomic E-state index is -0.850. The lowest BCUT2D eigenvalue weighted by Gasteiger charge is -2.13. The summed E-state index contributed by atoms with van der Waals surface area (Å²) in [6, 6.07) is 0. The van der Waals surface area contributed by atoms with Gasteiger partial charge in [-0.3, -0.25) is 4.79 Å². The molecule has 0 radical (unpaired) electrons. The lowest BCUT2D eigenvalue weighted by Crippen LogP contribution is -2.21. The van der Waals surface area contributed by atoms with Crippen LogP contribution in [0, 0.1) is 0 Å². The summed E-state index contributed by atoms with van der Waals surface area (Å²) in [6.07, 6.45) is -0.591. The van der Waals surface area contributed by atoms with E-state index in [9.17, 15) is 9.59 Å². The van der Waals surface area contributed by atoms with Crippen LogP contribution in [0.4, 0.5) is 0 Å². The quantitative estimate of drug-likeness (QED) is 0.378. The first-order valence-electron chi connectivity index (χ1n) is 4.03. The van der Waals surface area contributed by atoms with E-state index in [0.29, 0.717) is 0 Å². The van der Waals surface area contributed by atoms with Crippen LogP contribution in [-0.4, -0.2) is 18.2 Å². The molecule has 74 valence electrons. The summed E-state index contributed by atoms with van der Waals surface area (Å²) >= 11 is 0. The molecule has 1 atom stereocenters. The fourth-order valence-corrected chi connectivity index (χ4v) is 0.544. The van der Waals surface area contributed by atoms with Gasteiger partial charge in [0, 0.05) is 18.9 Å². The predicted molar refractivity (Wildman–Crippen MR) is 46.8 cm³/mol. The van der Waals surface area contributed by atoms with Crippen LogP contribution in [0.1, 0.15) is 27.2 Å². The Balaban J connectivity index is 3.87. The third-order valence-corrected chi connectivity index (χ3v) is 1.21. The summed E-state index contributed by atoms with van der Waals surface area (Å²) in [5.41, 5.74) is 0.277. The molecule has 0 aromatic carbocycles. The van der Waals surface area contributed by atoms with Crippen LogP contribution in [-0.2, 0) is 19.1 Å². The van der Waals surface area contributed by atoms with Gasteiger partial charge < -0.3 is 9.47 Å². The Labute approximate surface area is 77.5 Å². The molecule has 0 aromatic rings. The monoisotopic (exact) mass is 186 g/mol. The highest BCUT2D eigenvalue weighted by Crippen LogP contribution is 2.00. The van der Waals surface area contributed by atoms with Gasteiger partial charge in [0.15, 0.2) is 0 Å². The van der Waals surface area contributed by atoms with E-state index in [-0.39, 0.29) is 12.0 Å². The van der Waals surface area contributed by atoms with E-state index in [1.54, 1.807) is 6.92 Å². The lowest BCUT2D eigenvalue weighted by atomic mass is 10.4. The molecule has 0 amide bonds. The average molecular weight is 186 g/mol. The van der Waals surface area contributed by atoms with Crippen molar-refractivity contribution >= 4 is 11.9 Å². The molecule has 0 fully saturated rings. The molecule has 0 aromatic heterocycles. The number of ether oxygens (including phenoxy) is 2. The molecule has 13 heavy (non-hydrogen) atoms. The van der Waals surface area contributed by atoms with E-state index in [1.807, 2.05) is 0 Å². The summed E-state index contributed by atoms with van der Waals surface area (Å²) in [4.78, 5) is 21.6. The Morgan fingerprint density at radius 3 is 2.31 bits per heavy atom.